The molecule has 1 N–H and O–H groups in total. The Kier molecular flexibility index (Phi) is 6.11. The van der Waals surface area contributed by atoms with Crippen LogP contribution in [0.25, 0.3) is 0 Å². The van der Waals surface area contributed by atoms with E-state index in [1.54, 1.807) is 9.80 Å². The highest BCUT2D eigenvalue weighted by Crippen LogP contribution is 2.29. The third-order valence-corrected chi connectivity index (χ3v) is 5.67. The summed E-state index contributed by atoms with van der Waals surface area (Å²) in [6.45, 7) is 1.21. The minimum Gasteiger partial charge on any atom is -0.497 e. The van der Waals surface area contributed by atoms with Gasteiger partial charge in [0.2, 0.25) is 5.91 Å². The standard InChI is InChI=1S/C22H23F3N4O3/c1-32-16-10-17(24)21(18(25)11-16)28-6-2-5-27(7-8-28)20(30)13-29-12-14-9-15(23)3-4-19(14)26-22(29)31/h3-4,9-11H,2,5-8,12-13H2,1H3,(H,26,31). The Morgan fingerprint density at radius 2 is 1.81 bits per heavy atom. The van der Waals surface area contributed by atoms with Crippen molar-refractivity contribution >= 4 is 23.3 Å². The van der Waals surface area contributed by atoms with Gasteiger partial charge >= 0.3 is 6.03 Å². The number of nitrogens with zero attached hydrogens (tertiary/aromatic N) is 3. The molecule has 2 aromatic rings. The Labute approximate surface area is 183 Å². The Hall–Kier alpha value is -3.43. The molecule has 2 aliphatic heterocycles. The van der Waals surface area contributed by atoms with Gasteiger partial charge in [-0.1, -0.05) is 0 Å². The van der Waals surface area contributed by atoms with Crippen LogP contribution in [0.2, 0.25) is 0 Å². The first-order chi connectivity index (χ1) is 15.4. The quantitative estimate of drug-likeness (QED) is 0.781. The van der Waals surface area contributed by atoms with Gasteiger partial charge in [-0.15, -0.1) is 0 Å². The molecule has 0 bridgehead atoms. The van der Waals surface area contributed by atoms with Crippen LogP contribution in [0.5, 0.6) is 5.75 Å². The number of benzene rings is 2. The number of carbonyl (C=O) groups is 2. The van der Waals surface area contributed by atoms with Crippen molar-refractivity contribution in [1.82, 2.24) is 9.80 Å². The normalized spacial score (nSPS) is 16.4. The smallest absolute Gasteiger partial charge is 0.322 e. The molecule has 4 rings (SSSR count). The van der Waals surface area contributed by atoms with E-state index in [4.69, 9.17) is 4.74 Å². The van der Waals surface area contributed by atoms with Crippen molar-refractivity contribution < 1.29 is 27.5 Å². The van der Waals surface area contributed by atoms with Crippen molar-refractivity contribution in [1.29, 1.82) is 0 Å². The monoisotopic (exact) mass is 448 g/mol. The molecule has 0 spiro atoms. The lowest BCUT2D eigenvalue weighted by atomic mass is 10.1. The molecule has 1 fully saturated rings. The molecule has 7 nitrogen and oxygen atoms in total. The molecule has 170 valence electrons. The summed E-state index contributed by atoms with van der Waals surface area (Å²) in [5, 5.41) is 2.66. The predicted molar refractivity (Wildman–Crippen MR) is 112 cm³/mol. The fourth-order valence-corrected chi connectivity index (χ4v) is 4.03. The van der Waals surface area contributed by atoms with Crippen LogP contribution in [0, 0.1) is 17.5 Å². The highest BCUT2D eigenvalue weighted by molar-refractivity contribution is 5.94. The third kappa shape index (κ3) is 4.44. The Morgan fingerprint density at radius 3 is 2.53 bits per heavy atom. The SMILES string of the molecule is COc1cc(F)c(N2CCCN(C(=O)CN3Cc4cc(F)ccc4NC3=O)CC2)c(F)c1. The van der Waals surface area contributed by atoms with E-state index in [0.717, 1.165) is 12.1 Å². The summed E-state index contributed by atoms with van der Waals surface area (Å²) < 4.78 is 47.3. The molecule has 32 heavy (non-hydrogen) atoms. The van der Waals surface area contributed by atoms with Crippen molar-refractivity contribution in [3.05, 3.63) is 53.3 Å². The lowest BCUT2D eigenvalue weighted by Crippen LogP contribution is -2.46. The molecule has 2 aliphatic rings. The average molecular weight is 448 g/mol. The van der Waals surface area contributed by atoms with E-state index in [1.165, 1.54) is 30.2 Å². The van der Waals surface area contributed by atoms with Crippen molar-refractivity contribution in [2.24, 2.45) is 0 Å². The number of methoxy groups -OCH3 is 1. The highest BCUT2D eigenvalue weighted by Gasteiger charge is 2.28. The maximum atomic E-state index is 14.5. The van der Waals surface area contributed by atoms with E-state index in [1.807, 2.05) is 0 Å². The van der Waals surface area contributed by atoms with Crippen LogP contribution in [0.1, 0.15) is 12.0 Å². The fraction of sp³-hybridized carbons (Fsp3) is 0.364. The van der Waals surface area contributed by atoms with Crippen LogP contribution in [-0.2, 0) is 11.3 Å². The van der Waals surface area contributed by atoms with Gasteiger partial charge in [-0.25, -0.2) is 18.0 Å². The second-order valence-electron chi connectivity index (χ2n) is 7.75. The Morgan fingerprint density at radius 1 is 1.06 bits per heavy atom. The third-order valence-electron chi connectivity index (χ3n) is 5.67. The second-order valence-corrected chi connectivity index (χ2v) is 7.75. The number of hydrogen-bond donors (Lipinski definition) is 1. The molecule has 10 heteroatoms. The summed E-state index contributed by atoms with van der Waals surface area (Å²) in [6, 6.07) is 5.90. The molecule has 2 heterocycles. The molecule has 1 saturated heterocycles. The van der Waals surface area contributed by atoms with E-state index < -0.39 is 23.5 Å². The van der Waals surface area contributed by atoms with Crippen LogP contribution in [0.15, 0.2) is 30.3 Å². The zero-order chi connectivity index (χ0) is 22.8. The summed E-state index contributed by atoms with van der Waals surface area (Å²) in [4.78, 5) is 29.7. The predicted octanol–water partition coefficient (Wildman–Crippen LogP) is 3.20. The molecular weight excluding hydrogens is 425 g/mol. The number of ether oxygens (including phenoxy) is 1. The number of urea groups is 1. The summed E-state index contributed by atoms with van der Waals surface area (Å²) in [5.41, 5.74) is 0.966. The molecule has 0 unspecified atom stereocenters. The number of nitrogens with one attached hydrogen (secondary N) is 1. The fourth-order valence-electron chi connectivity index (χ4n) is 4.03. The second kappa shape index (κ2) is 8.97. The Bertz CT molecular complexity index is 1030. The minimum absolute atomic E-state index is 0.0941. The van der Waals surface area contributed by atoms with Crippen molar-refractivity contribution in [3.8, 4) is 5.75 Å². The van der Waals surface area contributed by atoms with E-state index in [0.29, 0.717) is 30.8 Å². The van der Waals surface area contributed by atoms with Gasteiger partial charge in [0.1, 0.15) is 23.8 Å². The van der Waals surface area contributed by atoms with Crippen molar-refractivity contribution in [3.63, 3.8) is 0 Å². The average Bonchev–Trinajstić information content (AvgIpc) is 3.00. The summed E-state index contributed by atoms with van der Waals surface area (Å²) in [7, 11) is 1.33. The molecular formula is C22H23F3N4O3. The first kappa shape index (κ1) is 21.8. The maximum absolute atomic E-state index is 14.5. The zero-order valence-electron chi connectivity index (χ0n) is 17.5. The van der Waals surface area contributed by atoms with Gasteiger partial charge in [0.25, 0.3) is 0 Å². The van der Waals surface area contributed by atoms with Crippen LogP contribution in [0.4, 0.5) is 29.3 Å². The van der Waals surface area contributed by atoms with Gasteiger partial charge in [0.15, 0.2) is 11.6 Å². The van der Waals surface area contributed by atoms with Gasteiger partial charge in [-0.3, -0.25) is 4.79 Å². The van der Waals surface area contributed by atoms with Crippen LogP contribution in [0.3, 0.4) is 0 Å². The van der Waals surface area contributed by atoms with Gasteiger partial charge in [0.05, 0.1) is 13.7 Å². The van der Waals surface area contributed by atoms with E-state index >= 15 is 0 Å². The van der Waals surface area contributed by atoms with E-state index in [9.17, 15) is 22.8 Å². The largest absolute Gasteiger partial charge is 0.497 e. The molecule has 0 atom stereocenters. The zero-order valence-corrected chi connectivity index (χ0v) is 17.5. The summed E-state index contributed by atoms with van der Waals surface area (Å²) >= 11 is 0. The Balaban J connectivity index is 1.41. The number of rotatable bonds is 4. The molecule has 0 radical (unpaired) electrons. The number of hydrogen-bond acceptors (Lipinski definition) is 4. The molecule has 3 amide bonds. The molecule has 0 saturated carbocycles. The molecule has 0 aromatic heterocycles. The number of fused-ring (bicyclic) bond motifs is 1. The number of carbonyl (C=O) groups excluding carboxylic acids is 2. The lowest BCUT2D eigenvalue weighted by Gasteiger charge is -2.31. The molecule has 2 aromatic carbocycles. The summed E-state index contributed by atoms with van der Waals surface area (Å²) in [6.07, 6.45) is 0.511. The number of halogens is 3. The van der Waals surface area contributed by atoms with Crippen LogP contribution >= 0.6 is 0 Å². The van der Waals surface area contributed by atoms with Gasteiger partial charge in [-0.05, 0) is 30.2 Å². The first-order valence-corrected chi connectivity index (χ1v) is 10.3. The van der Waals surface area contributed by atoms with E-state index in [2.05, 4.69) is 5.32 Å². The highest BCUT2D eigenvalue weighted by atomic mass is 19.1. The number of anilines is 2. The molecule has 0 aliphatic carbocycles. The van der Waals surface area contributed by atoms with Gasteiger partial charge in [0, 0.05) is 44.0 Å². The van der Waals surface area contributed by atoms with E-state index in [-0.39, 0.29) is 43.5 Å². The van der Waals surface area contributed by atoms with Gasteiger partial charge in [-0.2, -0.15) is 0 Å². The van der Waals surface area contributed by atoms with Crippen molar-refractivity contribution in [2.45, 2.75) is 13.0 Å². The lowest BCUT2D eigenvalue weighted by molar-refractivity contribution is -0.131. The van der Waals surface area contributed by atoms with Crippen molar-refractivity contribution in [2.75, 3.05) is 50.1 Å². The topological polar surface area (TPSA) is 65.1 Å². The maximum Gasteiger partial charge on any atom is 0.322 e. The van der Waals surface area contributed by atoms with Crippen LogP contribution < -0.4 is 15.0 Å². The first-order valence-electron chi connectivity index (χ1n) is 10.3. The van der Waals surface area contributed by atoms with Crippen LogP contribution in [-0.4, -0.2) is 61.6 Å². The number of amides is 3. The minimum atomic E-state index is -0.725. The van der Waals surface area contributed by atoms with Gasteiger partial charge < -0.3 is 24.8 Å². The summed E-state index contributed by atoms with van der Waals surface area (Å²) in [5.74, 6) is -2.05.